The van der Waals surface area contributed by atoms with Crippen molar-refractivity contribution in [2.24, 2.45) is 46.3 Å². The molecule has 2 bridgehead atoms. The van der Waals surface area contributed by atoms with Crippen molar-refractivity contribution in [1.29, 1.82) is 0 Å². The van der Waals surface area contributed by atoms with Crippen molar-refractivity contribution in [3.05, 3.63) is 0 Å². The van der Waals surface area contributed by atoms with Gasteiger partial charge in [0.05, 0.1) is 39.6 Å². The normalized spacial score (nSPS) is 42.2. The standard InChI is InChI=1S/C24H40O4/c1-3-23(13-27-14-23)11-25-9-17-5-6-20-21-8-18(22(17)20)7-19(21)10-26-12-24(4-2)15-28-16-24/h17-22H,3-16H2,1-2H3. The van der Waals surface area contributed by atoms with Crippen LogP contribution in [0.4, 0.5) is 0 Å². The van der Waals surface area contributed by atoms with E-state index in [1.54, 1.807) is 0 Å². The maximum absolute atomic E-state index is 6.28. The minimum atomic E-state index is 0.330. The molecule has 3 saturated carbocycles. The van der Waals surface area contributed by atoms with Gasteiger partial charge in [0.25, 0.3) is 0 Å². The van der Waals surface area contributed by atoms with Gasteiger partial charge in [0.15, 0.2) is 0 Å². The first-order valence-corrected chi connectivity index (χ1v) is 12.0. The second-order valence-corrected chi connectivity index (χ2v) is 11.0. The summed E-state index contributed by atoms with van der Waals surface area (Å²) in [5.41, 5.74) is 0.660. The highest BCUT2D eigenvalue weighted by Gasteiger charge is 2.57. The van der Waals surface area contributed by atoms with Crippen molar-refractivity contribution < 1.29 is 18.9 Å². The largest absolute Gasteiger partial charge is 0.380 e. The van der Waals surface area contributed by atoms with Gasteiger partial charge in [-0.3, -0.25) is 0 Å². The molecule has 3 aliphatic carbocycles. The molecule has 160 valence electrons. The summed E-state index contributed by atoms with van der Waals surface area (Å²) < 4.78 is 23.4. The fourth-order valence-electron chi connectivity index (χ4n) is 7.22. The summed E-state index contributed by atoms with van der Waals surface area (Å²) in [7, 11) is 0. The average molecular weight is 393 g/mol. The van der Waals surface area contributed by atoms with Gasteiger partial charge >= 0.3 is 0 Å². The highest BCUT2D eigenvalue weighted by molar-refractivity contribution is 5.05. The van der Waals surface area contributed by atoms with E-state index in [0.29, 0.717) is 10.8 Å². The predicted octanol–water partition coefficient (Wildman–Crippen LogP) is 4.17. The van der Waals surface area contributed by atoms with Crippen molar-refractivity contribution in [3.63, 3.8) is 0 Å². The lowest BCUT2D eigenvalue weighted by Crippen LogP contribution is -2.46. The summed E-state index contributed by atoms with van der Waals surface area (Å²) in [4.78, 5) is 0. The first-order valence-electron chi connectivity index (χ1n) is 12.0. The summed E-state index contributed by atoms with van der Waals surface area (Å²) >= 11 is 0. The zero-order chi connectivity index (χ0) is 19.2. The van der Waals surface area contributed by atoms with Crippen LogP contribution in [0.25, 0.3) is 0 Å². The smallest absolute Gasteiger partial charge is 0.0566 e. The lowest BCUT2D eigenvalue weighted by molar-refractivity contribution is -0.155. The monoisotopic (exact) mass is 392 g/mol. The van der Waals surface area contributed by atoms with Crippen molar-refractivity contribution in [2.45, 2.75) is 52.4 Å². The van der Waals surface area contributed by atoms with Crippen LogP contribution < -0.4 is 0 Å². The van der Waals surface area contributed by atoms with Crippen molar-refractivity contribution in [1.82, 2.24) is 0 Å². The number of hydrogen-bond acceptors (Lipinski definition) is 4. The SMILES string of the molecule is CCC1(COCC2CC3CC2C2CCC(COCC4(CC)COC4)C32)COC1. The van der Waals surface area contributed by atoms with Crippen molar-refractivity contribution >= 4 is 0 Å². The molecule has 2 aliphatic heterocycles. The van der Waals surface area contributed by atoms with Crippen LogP contribution in [0.1, 0.15) is 52.4 Å². The van der Waals surface area contributed by atoms with Gasteiger partial charge in [-0.15, -0.1) is 0 Å². The summed E-state index contributed by atoms with van der Waals surface area (Å²) in [5, 5.41) is 0. The molecule has 4 heteroatoms. The number of ether oxygens (including phenoxy) is 4. The van der Waals surface area contributed by atoms with Gasteiger partial charge in [-0.05, 0) is 74.0 Å². The van der Waals surface area contributed by atoms with Crippen LogP contribution in [0, 0.1) is 46.3 Å². The Morgan fingerprint density at radius 2 is 1.36 bits per heavy atom. The molecule has 0 aromatic heterocycles. The van der Waals surface area contributed by atoms with Crippen molar-refractivity contribution in [3.8, 4) is 0 Å². The molecule has 0 amide bonds. The number of fused-ring (bicyclic) bond motifs is 5. The Kier molecular flexibility index (Phi) is 5.53. The Morgan fingerprint density at radius 3 is 1.89 bits per heavy atom. The quantitative estimate of drug-likeness (QED) is 0.559. The van der Waals surface area contributed by atoms with Gasteiger partial charge in [-0.2, -0.15) is 0 Å². The molecule has 2 saturated heterocycles. The van der Waals surface area contributed by atoms with Gasteiger partial charge in [0, 0.05) is 24.0 Å². The Labute approximate surface area is 171 Å². The topological polar surface area (TPSA) is 36.9 Å². The molecule has 5 fully saturated rings. The van der Waals surface area contributed by atoms with E-state index >= 15 is 0 Å². The Bertz CT molecular complexity index is 530. The third-order valence-corrected chi connectivity index (χ3v) is 9.40. The summed E-state index contributed by atoms with van der Waals surface area (Å²) in [6.45, 7) is 11.9. The first kappa shape index (κ1) is 19.8. The molecule has 0 aromatic rings. The fourth-order valence-corrected chi connectivity index (χ4v) is 7.22. The average Bonchev–Trinajstić information content (AvgIpc) is 3.32. The fraction of sp³-hybridized carbons (Fsp3) is 1.00. The van der Waals surface area contributed by atoms with Crippen LogP contribution in [0.5, 0.6) is 0 Å². The second-order valence-electron chi connectivity index (χ2n) is 11.0. The lowest BCUT2D eigenvalue weighted by atomic mass is 9.73. The van der Waals surface area contributed by atoms with Crippen LogP contribution in [-0.4, -0.2) is 52.9 Å². The molecular formula is C24H40O4. The van der Waals surface area contributed by atoms with Crippen LogP contribution in [0.2, 0.25) is 0 Å². The second kappa shape index (κ2) is 7.83. The zero-order valence-electron chi connectivity index (χ0n) is 18.0. The number of rotatable bonds is 10. The molecular weight excluding hydrogens is 352 g/mol. The van der Waals surface area contributed by atoms with E-state index in [0.717, 1.165) is 88.4 Å². The highest BCUT2D eigenvalue weighted by atomic mass is 16.5. The van der Waals surface area contributed by atoms with E-state index < -0.39 is 0 Å². The maximum atomic E-state index is 6.28. The Hall–Kier alpha value is -0.160. The first-order chi connectivity index (χ1) is 13.7. The Balaban J connectivity index is 1.08. The maximum Gasteiger partial charge on any atom is 0.0566 e. The van der Waals surface area contributed by atoms with Gasteiger partial charge < -0.3 is 18.9 Å². The molecule has 0 radical (unpaired) electrons. The number of hydrogen-bond donors (Lipinski definition) is 0. The van der Waals surface area contributed by atoms with Gasteiger partial charge in [-0.25, -0.2) is 0 Å². The molecule has 6 unspecified atom stereocenters. The minimum Gasteiger partial charge on any atom is -0.380 e. The minimum absolute atomic E-state index is 0.330. The molecule has 5 aliphatic rings. The molecule has 4 nitrogen and oxygen atoms in total. The third kappa shape index (κ3) is 3.36. The van der Waals surface area contributed by atoms with Crippen LogP contribution in [-0.2, 0) is 18.9 Å². The van der Waals surface area contributed by atoms with Gasteiger partial charge in [0.2, 0.25) is 0 Å². The highest BCUT2D eigenvalue weighted by Crippen LogP contribution is 2.62. The molecule has 2 heterocycles. The van der Waals surface area contributed by atoms with Crippen LogP contribution in [0.3, 0.4) is 0 Å². The van der Waals surface area contributed by atoms with E-state index in [1.807, 2.05) is 0 Å². The molecule has 6 atom stereocenters. The summed E-state index contributed by atoms with van der Waals surface area (Å²) in [6, 6.07) is 0. The van der Waals surface area contributed by atoms with E-state index in [1.165, 1.54) is 38.5 Å². The molecule has 5 rings (SSSR count). The zero-order valence-corrected chi connectivity index (χ0v) is 18.0. The van der Waals surface area contributed by atoms with Crippen LogP contribution >= 0.6 is 0 Å². The van der Waals surface area contributed by atoms with E-state index in [9.17, 15) is 0 Å². The van der Waals surface area contributed by atoms with E-state index in [4.69, 9.17) is 18.9 Å². The predicted molar refractivity (Wildman–Crippen MR) is 108 cm³/mol. The third-order valence-electron chi connectivity index (χ3n) is 9.40. The van der Waals surface area contributed by atoms with Crippen LogP contribution in [0.15, 0.2) is 0 Å². The van der Waals surface area contributed by atoms with Gasteiger partial charge in [0.1, 0.15) is 0 Å². The summed E-state index contributed by atoms with van der Waals surface area (Å²) in [5.74, 6) is 5.40. The lowest BCUT2D eigenvalue weighted by Gasteiger charge is -2.41. The van der Waals surface area contributed by atoms with Crippen molar-refractivity contribution in [2.75, 3.05) is 52.9 Å². The molecule has 0 aromatic carbocycles. The molecule has 28 heavy (non-hydrogen) atoms. The molecule has 0 spiro atoms. The summed E-state index contributed by atoms with van der Waals surface area (Å²) in [6.07, 6.45) is 8.06. The van der Waals surface area contributed by atoms with E-state index in [-0.39, 0.29) is 0 Å². The Morgan fingerprint density at radius 1 is 0.750 bits per heavy atom. The van der Waals surface area contributed by atoms with E-state index in [2.05, 4.69) is 13.8 Å². The molecule has 0 N–H and O–H groups in total. The van der Waals surface area contributed by atoms with Gasteiger partial charge in [-0.1, -0.05) is 13.8 Å².